The summed E-state index contributed by atoms with van der Waals surface area (Å²) >= 11 is 0. The minimum atomic E-state index is -3.93. The quantitative estimate of drug-likeness (QED) is 0.281. The van der Waals surface area contributed by atoms with E-state index in [4.69, 9.17) is 4.74 Å². The van der Waals surface area contributed by atoms with Gasteiger partial charge in [0.2, 0.25) is 10.0 Å². The van der Waals surface area contributed by atoms with Crippen LogP contribution in [0.5, 0.6) is 0 Å². The molecule has 1 N–H and O–H groups in total. The van der Waals surface area contributed by atoms with E-state index < -0.39 is 27.0 Å². The van der Waals surface area contributed by atoms with Crippen LogP contribution < -0.4 is 5.32 Å². The molecule has 0 aliphatic rings. The van der Waals surface area contributed by atoms with Crippen LogP contribution in [0.4, 0.5) is 11.4 Å². The van der Waals surface area contributed by atoms with Crippen LogP contribution in [0.25, 0.3) is 0 Å². The molecular formula is C21H29ClN4O6S. The smallest absolute Gasteiger partial charge is 0.324 e. The monoisotopic (exact) mass is 500 g/mol. The number of carbonyl (C=O) groups excluding carboxylic acids is 1. The van der Waals surface area contributed by atoms with Crippen molar-refractivity contribution in [1.82, 2.24) is 9.29 Å². The first kappa shape index (κ1) is 28.3. The zero-order valence-corrected chi connectivity index (χ0v) is 20.6. The number of pyridine rings is 1. The van der Waals surface area contributed by atoms with Crippen LogP contribution in [-0.4, -0.2) is 48.3 Å². The molecule has 0 saturated carbocycles. The van der Waals surface area contributed by atoms with Gasteiger partial charge in [-0.2, -0.15) is 4.31 Å². The van der Waals surface area contributed by atoms with E-state index in [0.717, 1.165) is 16.1 Å². The number of nitrogens with zero attached hydrogens (tertiary/aromatic N) is 3. The number of nitro groups is 1. The summed E-state index contributed by atoms with van der Waals surface area (Å²) in [5, 5.41) is 14.0. The second kappa shape index (κ2) is 12.5. The standard InChI is InChI=1S/C21H28N4O6S.ClH/c1-5-31-21(26)19(12-15(2)3)24(4)32(29,30)17-8-6-16(7-9-17)13-23-18-10-11-22-14-20(18)25(27)28;/h6-11,14-15,19H,5,12-13H2,1-4H3,(H,22,23);1H/t19-;/m0./s1. The Labute approximate surface area is 200 Å². The SMILES string of the molecule is CCOC(=O)[C@H](CC(C)C)N(C)S(=O)(=O)c1ccc(CNc2ccncc2[N+](=O)[O-])cc1.Cl. The molecule has 1 aromatic carbocycles. The van der Waals surface area contributed by atoms with Crippen molar-refractivity contribution in [3.05, 3.63) is 58.4 Å². The molecule has 1 aromatic heterocycles. The fourth-order valence-corrected chi connectivity index (χ4v) is 4.39. The summed E-state index contributed by atoms with van der Waals surface area (Å²) in [7, 11) is -2.56. The number of sulfonamides is 1. The Balaban J connectivity index is 0.00000544. The predicted molar refractivity (Wildman–Crippen MR) is 127 cm³/mol. The van der Waals surface area contributed by atoms with Gasteiger partial charge in [0, 0.05) is 19.8 Å². The number of anilines is 1. The Morgan fingerprint density at radius 1 is 1.24 bits per heavy atom. The molecule has 10 nitrogen and oxygen atoms in total. The Bertz CT molecular complexity index is 1050. The van der Waals surface area contributed by atoms with Crippen LogP contribution >= 0.6 is 12.4 Å². The van der Waals surface area contributed by atoms with Crippen LogP contribution in [0.2, 0.25) is 0 Å². The summed E-state index contributed by atoms with van der Waals surface area (Å²) < 4.78 is 32.3. The third kappa shape index (κ3) is 7.37. The van der Waals surface area contributed by atoms with Crippen molar-refractivity contribution in [2.24, 2.45) is 5.92 Å². The Kier molecular flexibility index (Phi) is 10.7. The zero-order chi connectivity index (χ0) is 23.9. The molecule has 33 heavy (non-hydrogen) atoms. The maximum Gasteiger partial charge on any atom is 0.324 e. The third-order valence-electron chi connectivity index (χ3n) is 4.77. The van der Waals surface area contributed by atoms with E-state index in [-0.39, 0.29) is 42.1 Å². The van der Waals surface area contributed by atoms with Gasteiger partial charge in [-0.3, -0.25) is 19.9 Å². The van der Waals surface area contributed by atoms with Gasteiger partial charge in [-0.25, -0.2) is 8.42 Å². The maximum atomic E-state index is 13.1. The first-order chi connectivity index (χ1) is 15.1. The lowest BCUT2D eigenvalue weighted by atomic mass is 10.0. The fraction of sp³-hybridized carbons (Fsp3) is 0.429. The number of rotatable bonds is 11. The second-order valence-corrected chi connectivity index (χ2v) is 9.56. The van der Waals surface area contributed by atoms with E-state index >= 15 is 0 Å². The molecule has 1 atom stereocenters. The molecule has 0 unspecified atom stereocenters. The van der Waals surface area contributed by atoms with Gasteiger partial charge in [0.1, 0.15) is 17.9 Å². The molecule has 12 heteroatoms. The fourth-order valence-electron chi connectivity index (χ4n) is 3.07. The van der Waals surface area contributed by atoms with Crippen LogP contribution in [0, 0.1) is 16.0 Å². The summed E-state index contributed by atoms with van der Waals surface area (Å²) in [5.41, 5.74) is 0.887. The Hall–Kier alpha value is -2.76. The van der Waals surface area contributed by atoms with Gasteiger partial charge in [0.05, 0.1) is 16.4 Å². The first-order valence-electron chi connectivity index (χ1n) is 10.1. The molecule has 0 saturated heterocycles. The number of hydrogen-bond acceptors (Lipinski definition) is 8. The summed E-state index contributed by atoms with van der Waals surface area (Å²) in [6.45, 7) is 5.90. The molecule has 0 radical (unpaired) electrons. The lowest BCUT2D eigenvalue weighted by molar-refractivity contribution is -0.384. The number of halogens is 1. The largest absolute Gasteiger partial charge is 0.465 e. The maximum absolute atomic E-state index is 13.1. The van der Waals surface area contributed by atoms with Crippen LogP contribution in [0.3, 0.4) is 0 Å². The van der Waals surface area contributed by atoms with Crippen molar-refractivity contribution in [2.75, 3.05) is 19.0 Å². The van der Waals surface area contributed by atoms with Gasteiger partial charge in [-0.1, -0.05) is 26.0 Å². The van der Waals surface area contributed by atoms with Crippen molar-refractivity contribution in [2.45, 2.75) is 44.7 Å². The van der Waals surface area contributed by atoms with Crippen LogP contribution in [0.1, 0.15) is 32.8 Å². The minimum absolute atomic E-state index is 0. The molecule has 1 heterocycles. The van der Waals surface area contributed by atoms with E-state index in [1.807, 2.05) is 13.8 Å². The molecule has 0 aliphatic heterocycles. The molecule has 182 valence electrons. The average Bonchev–Trinajstić information content (AvgIpc) is 2.76. The zero-order valence-electron chi connectivity index (χ0n) is 18.9. The van der Waals surface area contributed by atoms with Gasteiger partial charge in [0.25, 0.3) is 0 Å². The van der Waals surface area contributed by atoms with E-state index in [1.54, 1.807) is 19.1 Å². The number of hydrogen-bond donors (Lipinski definition) is 1. The number of esters is 1. The number of carbonyl (C=O) groups is 1. The number of likely N-dealkylation sites (N-methyl/N-ethyl adjacent to an activating group) is 1. The van der Waals surface area contributed by atoms with Gasteiger partial charge in [0.15, 0.2) is 0 Å². The highest BCUT2D eigenvalue weighted by Crippen LogP contribution is 2.24. The first-order valence-corrected chi connectivity index (χ1v) is 11.6. The highest BCUT2D eigenvalue weighted by molar-refractivity contribution is 7.89. The van der Waals surface area contributed by atoms with Crippen molar-refractivity contribution < 1.29 is 22.9 Å². The Morgan fingerprint density at radius 2 is 1.88 bits per heavy atom. The van der Waals surface area contributed by atoms with E-state index in [0.29, 0.717) is 12.1 Å². The molecule has 0 fully saturated rings. The molecule has 0 spiro atoms. The van der Waals surface area contributed by atoms with Crippen molar-refractivity contribution in [3.8, 4) is 0 Å². The van der Waals surface area contributed by atoms with Crippen molar-refractivity contribution >= 4 is 39.8 Å². The minimum Gasteiger partial charge on any atom is -0.465 e. The summed E-state index contributed by atoms with van der Waals surface area (Å²) in [6, 6.07) is 6.69. The third-order valence-corrected chi connectivity index (χ3v) is 6.65. The lowest BCUT2D eigenvalue weighted by Crippen LogP contribution is -2.44. The number of ether oxygens (including phenoxy) is 1. The average molecular weight is 501 g/mol. The lowest BCUT2D eigenvalue weighted by Gasteiger charge is -2.27. The molecule has 0 aliphatic carbocycles. The highest BCUT2D eigenvalue weighted by atomic mass is 35.5. The summed E-state index contributed by atoms with van der Waals surface area (Å²) in [4.78, 5) is 26.7. The molecule has 0 bridgehead atoms. The molecule has 2 aromatic rings. The van der Waals surface area contributed by atoms with Gasteiger partial charge in [-0.05, 0) is 43.0 Å². The predicted octanol–water partition coefficient (Wildman–Crippen LogP) is 3.62. The van der Waals surface area contributed by atoms with Crippen LogP contribution in [-0.2, 0) is 26.1 Å². The normalized spacial score (nSPS) is 12.2. The van der Waals surface area contributed by atoms with E-state index in [2.05, 4.69) is 10.3 Å². The molecule has 0 amide bonds. The van der Waals surface area contributed by atoms with Crippen LogP contribution in [0.15, 0.2) is 47.6 Å². The van der Waals surface area contributed by atoms with Crippen molar-refractivity contribution in [1.29, 1.82) is 0 Å². The van der Waals surface area contributed by atoms with Gasteiger partial charge < -0.3 is 10.1 Å². The van der Waals surface area contributed by atoms with E-state index in [1.165, 1.54) is 31.4 Å². The number of benzene rings is 1. The van der Waals surface area contributed by atoms with Gasteiger partial charge >= 0.3 is 11.7 Å². The second-order valence-electron chi connectivity index (χ2n) is 7.57. The topological polar surface area (TPSA) is 132 Å². The van der Waals surface area contributed by atoms with Gasteiger partial charge in [-0.15, -0.1) is 12.4 Å². The van der Waals surface area contributed by atoms with Crippen molar-refractivity contribution in [3.63, 3.8) is 0 Å². The van der Waals surface area contributed by atoms with E-state index in [9.17, 15) is 23.3 Å². The summed E-state index contributed by atoms with van der Waals surface area (Å²) in [5.74, 6) is -0.486. The molecule has 2 rings (SSSR count). The number of nitrogens with one attached hydrogen (secondary N) is 1. The number of aromatic nitrogens is 1. The molecular weight excluding hydrogens is 472 g/mol. The Morgan fingerprint density at radius 3 is 2.42 bits per heavy atom. The summed E-state index contributed by atoms with van der Waals surface area (Å²) in [6.07, 6.45) is 2.93. The highest BCUT2D eigenvalue weighted by Gasteiger charge is 2.34.